The first kappa shape index (κ1) is 13.5. The van der Waals surface area contributed by atoms with Gasteiger partial charge in [0.1, 0.15) is 5.56 Å². The Hall–Kier alpha value is -1.95. The van der Waals surface area contributed by atoms with Gasteiger partial charge in [0.15, 0.2) is 5.65 Å². The summed E-state index contributed by atoms with van der Waals surface area (Å²) < 4.78 is 11.9. The molecule has 102 valence electrons. The predicted octanol–water partition coefficient (Wildman–Crippen LogP) is 1.62. The standard InChI is InChI=1S/C13H17N3O3/c1-9(18-3)5-8-19-13(17)11-10(2)15-16-7-4-6-14-12(11)16/h4,6-7,9H,5,8H2,1-3H3. The van der Waals surface area contributed by atoms with Gasteiger partial charge in [0.05, 0.1) is 18.4 Å². The zero-order chi connectivity index (χ0) is 13.8. The van der Waals surface area contributed by atoms with Gasteiger partial charge in [-0.2, -0.15) is 5.10 Å². The molecule has 1 unspecified atom stereocenters. The van der Waals surface area contributed by atoms with Gasteiger partial charge in [-0.3, -0.25) is 0 Å². The minimum absolute atomic E-state index is 0.0657. The molecule has 0 spiro atoms. The Morgan fingerprint density at radius 2 is 2.32 bits per heavy atom. The molecule has 0 saturated carbocycles. The lowest BCUT2D eigenvalue weighted by atomic mass is 10.2. The summed E-state index contributed by atoms with van der Waals surface area (Å²) >= 11 is 0. The molecule has 2 aromatic heterocycles. The van der Waals surface area contributed by atoms with Gasteiger partial charge in [0, 0.05) is 25.9 Å². The maximum absolute atomic E-state index is 12.1. The summed E-state index contributed by atoms with van der Waals surface area (Å²) in [5, 5.41) is 4.22. The first-order valence-electron chi connectivity index (χ1n) is 6.13. The minimum atomic E-state index is -0.394. The highest BCUT2D eigenvalue weighted by molar-refractivity contribution is 5.97. The molecule has 0 radical (unpaired) electrons. The summed E-state index contributed by atoms with van der Waals surface area (Å²) in [7, 11) is 1.63. The second-order valence-electron chi connectivity index (χ2n) is 4.32. The minimum Gasteiger partial charge on any atom is -0.462 e. The van der Waals surface area contributed by atoms with Crippen molar-refractivity contribution in [2.24, 2.45) is 0 Å². The molecule has 0 bridgehead atoms. The van der Waals surface area contributed by atoms with Crippen molar-refractivity contribution in [1.29, 1.82) is 0 Å². The third kappa shape index (κ3) is 2.90. The number of ether oxygens (including phenoxy) is 2. The smallest absolute Gasteiger partial charge is 0.343 e. The van der Waals surface area contributed by atoms with Crippen LogP contribution in [0.2, 0.25) is 0 Å². The number of hydrogen-bond donors (Lipinski definition) is 0. The highest BCUT2D eigenvalue weighted by Gasteiger charge is 2.19. The maximum atomic E-state index is 12.1. The second kappa shape index (κ2) is 5.79. The van der Waals surface area contributed by atoms with E-state index in [0.29, 0.717) is 29.9 Å². The highest BCUT2D eigenvalue weighted by Crippen LogP contribution is 2.14. The van der Waals surface area contributed by atoms with Gasteiger partial charge in [-0.05, 0) is 19.9 Å². The number of hydrogen-bond acceptors (Lipinski definition) is 5. The van der Waals surface area contributed by atoms with Crippen LogP contribution in [0.1, 0.15) is 29.4 Å². The Morgan fingerprint density at radius 1 is 1.53 bits per heavy atom. The number of methoxy groups -OCH3 is 1. The van der Waals surface area contributed by atoms with Crippen molar-refractivity contribution >= 4 is 11.6 Å². The van der Waals surface area contributed by atoms with Crippen molar-refractivity contribution in [1.82, 2.24) is 14.6 Å². The van der Waals surface area contributed by atoms with Crippen LogP contribution in [0.3, 0.4) is 0 Å². The number of esters is 1. The summed E-state index contributed by atoms with van der Waals surface area (Å²) in [5.41, 5.74) is 1.55. The number of nitrogens with zero attached hydrogens (tertiary/aromatic N) is 3. The lowest BCUT2D eigenvalue weighted by Crippen LogP contribution is -2.13. The molecule has 0 N–H and O–H groups in total. The SMILES string of the molecule is COC(C)CCOC(=O)c1c(C)nn2cccnc12. The van der Waals surface area contributed by atoms with E-state index in [0.717, 1.165) is 0 Å². The zero-order valence-corrected chi connectivity index (χ0v) is 11.3. The topological polar surface area (TPSA) is 65.7 Å². The van der Waals surface area contributed by atoms with Crippen molar-refractivity contribution in [2.75, 3.05) is 13.7 Å². The molecule has 2 aromatic rings. The molecular formula is C13H17N3O3. The molecule has 19 heavy (non-hydrogen) atoms. The van der Waals surface area contributed by atoms with Gasteiger partial charge in [-0.25, -0.2) is 14.3 Å². The van der Waals surface area contributed by atoms with Gasteiger partial charge >= 0.3 is 5.97 Å². The summed E-state index contributed by atoms with van der Waals surface area (Å²) in [4.78, 5) is 16.2. The first-order chi connectivity index (χ1) is 9.13. The molecule has 0 aliphatic rings. The van der Waals surface area contributed by atoms with Crippen molar-refractivity contribution < 1.29 is 14.3 Å². The number of carbonyl (C=O) groups excluding carboxylic acids is 1. The summed E-state index contributed by atoms with van der Waals surface area (Å²) in [6.45, 7) is 4.01. The van der Waals surface area contributed by atoms with Gasteiger partial charge < -0.3 is 9.47 Å². The monoisotopic (exact) mass is 263 g/mol. The lowest BCUT2D eigenvalue weighted by Gasteiger charge is -2.09. The van der Waals surface area contributed by atoms with Crippen LogP contribution >= 0.6 is 0 Å². The number of fused-ring (bicyclic) bond motifs is 1. The highest BCUT2D eigenvalue weighted by atomic mass is 16.5. The van der Waals surface area contributed by atoms with Crippen molar-refractivity contribution in [3.63, 3.8) is 0 Å². The molecule has 6 heteroatoms. The number of carbonyl (C=O) groups is 1. The Balaban J connectivity index is 2.11. The molecule has 0 saturated heterocycles. The maximum Gasteiger partial charge on any atom is 0.343 e. The van der Waals surface area contributed by atoms with Crippen molar-refractivity contribution in [2.45, 2.75) is 26.4 Å². The van der Waals surface area contributed by atoms with E-state index < -0.39 is 5.97 Å². The molecule has 0 aliphatic heterocycles. The van der Waals surface area contributed by atoms with E-state index in [1.165, 1.54) is 0 Å². The molecule has 2 heterocycles. The predicted molar refractivity (Wildman–Crippen MR) is 69.1 cm³/mol. The number of rotatable bonds is 5. The van der Waals surface area contributed by atoms with Crippen LogP contribution < -0.4 is 0 Å². The van der Waals surface area contributed by atoms with E-state index in [2.05, 4.69) is 10.1 Å². The zero-order valence-electron chi connectivity index (χ0n) is 11.3. The van der Waals surface area contributed by atoms with Crippen LogP contribution in [0.4, 0.5) is 0 Å². The first-order valence-corrected chi connectivity index (χ1v) is 6.13. The largest absolute Gasteiger partial charge is 0.462 e. The third-order valence-electron chi connectivity index (χ3n) is 2.93. The van der Waals surface area contributed by atoms with Crippen LogP contribution in [0.25, 0.3) is 5.65 Å². The van der Waals surface area contributed by atoms with Crippen LogP contribution in [0, 0.1) is 6.92 Å². The third-order valence-corrected chi connectivity index (χ3v) is 2.93. The molecule has 0 fully saturated rings. The van der Waals surface area contributed by atoms with Crippen LogP contribution in [-0.2, 0) is 9.47 Å². The molecule has 2 rings (SSSR count). The quantitative estimate of drug-likeness (QED) is 0.767. The van der Waals surface area contributed by atoms with Crippen LogP contribution in [-0.4, -0.2) is 40.4 Å². The second-order valence-corrected chi connectivity index (χ2v) is 4.32. The van der Waals surface area contributed by atoms with E-state index in [1.54, 1.807) is 37.0 Å². The van der Waals surface area contributed by atoms with E-state index >= 15 is 0 Å². The Labute approximate surface area is 111 Å². The van der Waals surface area contributed by atoms with Gasteiger partial charge in [-0.15, -0.1) is 0 Å². The van der Waals surface area contributed by atoms with E-state index in [9.17, 15) is 4.79 Å². The van der Waals surface area contributed by atoms with E-state index in [1.807, 2.05) is 6.92 Å². The molecule has 0 aliphatic carbocycles. The molecular weight excluding hydrogens is 246 g/mol. The summed E-state index contributed by atoms with van der Waals surface area (Å²) in [6, 6.07) is 1.76. The Kier molecular flexibility index (Phi) is 4.11. The van der Waals surface area contributed by atoms with Gasteiger partial charge in [-0.1, -0.05) is 0 Å². The Morgan fingerprint density at radius 3 is 3.05 bits per heavy atom. The normalized spacial score (nSPS) is 12.6. The van der Waals surface area contributed by atoms with Crippen LogP contribution in [0.15, 0.2) is 18.5 Å². The van der Waals surface area contributed by atoms with Crippen LogP contribution in [0.5, 0.6) is 0 Å². The summed E-state index contributed by atoms with van der Waals surface area (Å²) in [6.07, 6.45) is 4.10. The van der Waals surface area contributed by atoms with E-state index in [-0.39, 0.29) is 6.10 Å². The Bertz CT molecular complexity index is 580. The van der Waals surface area contributed by atoms with E-state index in [4.69, 9.17) is 9.47 Å². The molecule has 6 nitrogen and oxygen atoms in total. The summed E-state index contributed by atoms with van der Waals surface area (Å²) in [5.74, 6) is -0.394. The van der Waals surface area contributed by atoms with Gasteiger partial charge in [0.2, 0.25) is 0 Å². The molecule has 0 aromatic carbocycles. The average molecular weight is 263 g/mol. The molecule has 1 atom stereocenters. The van der Waals surface area contributed by atoms with Crippen molar-refractivity contribution in [3.8, 4) is 0 Å². The fourth-order valence-electron chi connectivity index (χ4n) is 1.74. The fourth-order valence-corrected chi connectivity index (χ4v) is 1.74. The average Bonchev–Trinajstić information content (AvgIpc) is 2.74. The number of aryl methyl sites for hydroxylation is 1. The van der Waals surface area contributed by atoms with Crippen molar-refractivity contribution in [3.05, 3.63) is 29.7 Å². The van der Waals surface area contributed by atoms with Gasteiger partial charge in [0.25, 0.3) is 0 Å². The fraction of sp³-hybridized carbons (Fsp3) is 0.462. The molecule has 0 amide bonds. The lowest BCUT2D eigenvalue weighted by molar-refractivity contribution is 0.0392. The number of aromatic nitrogens is 3.